The average Bonchev–Trinajstić information content (AvgIpc) is 3.38. The molecule has 0 aliphatic carbocycles. The molecule has 0 bridgehead atoms. The summed E-state index contributed by atoms with van der Waals surface area (Å²) < 4.78 is 35.5. The molecule has 12 heteroatoms. The highest BCUT2D eigenvalue weighted by Gasteiger charge is 2.52. The number of ether oxygens (including phenoxy) is 1. The van der Waals surface area contributed by atoms with E-state index in [1.807, 2.05) is 0 Å². The molecule has 0 radical (unpaired) electrons. The molecule has 3 aromatic rings. The zero-order valence-electron chi connectivity index (χ0n) is 19.2. The summed E-state index contributed by atoms with van der Waals surface area (Å²) in [6, 6.07) is 13.6. The van der Waals surface area contributed by atoms with Gasteiger partial charge in [-0.2, -0.15) is 9.57 Å². The van der Waals surface area contributed by atoms with Crippen molar-refractivity contribution in [1.82, 2.24) is 13.9 Å². The van der Waals surface area contributed by atoms with Crippen LogP contribution in [0.25, 0.3) is 0 Å². The molecule has 2 aromatic carbocycles. The number of hydrogen-bond donors (Lipinski definition) is 0. The number of aromatic nitrogens is 2. The van der Waals surface area contributed by atoms with Crippen LogP contribution in [0.15, 0.2) is 53.7 Å². The molecular weight excluding hydrogens is 525 g/mol. The van der Waals surface area contributed by atoms with Crippen molar-refractivity contribution in [1.29, 1.82) is 5.26 Å². The lowest BCUT2D eigenvalue weighted by Gasteiger charge is -2.30. The van der Waals surface area contributed by atoms with E-state index in [4.69, 9.17) is 33.2 Å². The zero-order chi connectivity index (χ0) is 25.7. The van der Waals surface area contributed by atoms with Crippen molar-refractivity contribution >= 4 is 50.8 Å². The van der Waals surface area contributed by atoms with E-state index in [1.54, 1.807) is 49.4 Å². The molecule has 1 atom stereocenters. The molecule has 2 aliphatic rings. The smallest absolute Gasteiger partial charge is 0.260 e. The van der Waals surface area contributed by atoms with Crippen LogP contribution < -0.4 is 4.90 Å². The largest absolute Gasteiger partial charge is 0.379 e. The maximum atomic E-state index is 14.0. The van der Waals surface area contributed by atoms with Crippen LogP contribution in [0.3, 0.4) is 0 Å². The Morgan fingerprint density at radius 2 is 1.75 bits per heavy atom. The van der Waals surface area contributed by atoms with E-state index in [0.29, 0.717) is 21.3 Å². The first kappa shape index (κ1) is 24.7. The van der Waals surface area contributed by atoms with Crippen molar-refractivity contribution in [2.45, 2.75) is 23.9 Å². The Balaban J connectivity index is 1.67. The Labute approximate surface area is 218 Å². The molecule has 1 saturated heterocycles. The summed E-state index contributed by atoms with van der Waals surface area (Å²) in [4.78, 5) is 19.8. The number of carbonyl (C=O) groups excluding carboxylic acids is 1. The summed E-state index contributed by atoms with van der Waals surface area (Å²) in [5.74, 6) is -0.229. The molecule has 0 unspecified atom stereocenters. The van der Waals surface area contributed by atoms with Gasteiger partial charge in [-0.15, -0.1) is 0 Å². The summed E-state index contributed by atoms with van der Waals surface area (Å²) in [6.07, 6.45) is 1.44. The molecule has 0 saturated carbocycles. The van der Waals surface area contributed by atoms with E-state index in [-0.39, 0.29) is 49.6 Å². The first-order valence-corrected chi connectivity index (χ1v) is 13.3. The van der Waals surface area contributed by atoms with Gasteiger partial charge in [-0.05, 0) is 42.8 Å². The fourth-order valence-electron chi connectivity index (χ4n) is 4.63. The molecule has 2 aliphatic heterocycles. The van der Waals surface area contributed by atoms with E-state index in [9.17, 15) is 13.2 Å². The highest BCUT2D eigenvalue weighted by atomic mass is 35.5. The molecular formula is C24H21Cl2N5O4S. The van der Waals surface area contributed by atoms with Crippen molar-refractivity contribution < 1.29 is 17.9 Å². The van der Waals surface area contributed by atoms with Gasteiger partial charge in [0.2, 0.25) is 5.95 Å². The van der Waals surface area contributed by atoms with Gasteiger partial charge in [-0.25, -0.2) is 18.3 Å². The normalized spacial score (nSPS) is 20.4. The topological polar surface area (TPSA) is 109 Å². The molecule has 5 rings (SSSR count). The van der Waals surface area contributed by atoms with E-state index in [1.165, 1.54) is 20.0 Å². The van der Waals surface area contributed by atoms with Crippen LogP contribution in [0.4, 0.5) is 11.6 Å². The Hall–Kier alpha value is -2.94. The number of benzene rings is 2. The number of halogens is 2. The van der Waals surface area contributed by atoms with Gasteiger partial charge in [0, 0.05) is 29.6 Å². The monoisotopic (exact) mass is 545 g/mol. The number of rotatable bonds is 5. The van der Waals surface area contributed by atoms with Gasteiger partial charge in [-0.1, -0.05) is 35.3 Å². The van der Waals surface area contributed by atoms with E-state index >= 15 is 0 Å². The first-order valence-electron chi connectivity index (χ1n) is 11.1. The number of amides is 1. The van der Waals surface area contributed by atoms with Gasteiger partial charge >= 0.3 is 0 Å². The molecule has 9 nitrogen and oxygen atoms in total. The second kappa shape index (κ2) is 9.18. The zero-order valence-corrected chi connectivity index (χ0v) is 21.5. The maximum absolute atomic E-state index is 14.0. The average molecular weight is 546 g/mol. The number of morpholine rings is 1. The molecule has 3 heterocycles. The van der Waals surface area contributed by atoms with Crippen molar-refractivity contribution in [3.8, 4) is 6.07 Å². The molecule has 186 valence electrons. The molecule has 1 fully saturated rings. The molecule has 0 spiro atoms. The molecule has 1 aromatic heterocycles. The Kier molecular flexibility index (Phi) is 6.31. The number of imidazole rings is 1. The second-order valence-electron chi connectivity index (χ2n) is 8.78. The Morgan fingerprint density at radius 1 is 1.11 bits per heavy atom. The maximum Gasteiger partial charge on any atom is 0.260 e. The lowest BCUT2D eigenvalue weighted by atomic mass is 9.91. The number of sulfonamides is 1. The van der Waals surface area contributed by atoms with Crippen LogP contribution in [0, 0.1) is 11.3 Å². The standard InChI is InChI=1S/C24H21Cl2N5O4S/c1-24(13-16-2-4-17(14-27)5-3-16)22(32)30(20-11-18(25)10-19(26)12-20)23-28-15-21(31(23)24)36(33,34)29-6-8-35-9-7-29/h2-5,10-12,15H,6-9,13H2,1H3/t24-/m1/s1. The van der Waals surface area contributed by atoms with Gasteiger partial charge < -0.3 is 4.74 Å². The van der Waals surface area contributed by atoms with Crippen LogP contribution in [0.5, 0.6) is 0 Å². The van der Waals surface area contributed by atoms with Gasteiger partial charge in [0.25, 0.3) is 15.9 Å². The highest BCUT2D eigenvalue weighted by Crippen LogP contribution is 2.44. The van der Waals surface area contributed by atoms with Crippen LogP contribution >= 0.6 is 23.2 Å². The Bertz CT molecular complexity index is 1470. The minimum atomic E-state index is -3.98. The summed E-state index contributed by atoms with van der Waals surface area (Å²) in [7, 11) is -3.98. The third kappa shape index (κ3) is 4.07. The number of nitriles is 1. The minimum absolute atomic E-state index is 0.0838. The second-order valence-corrected chi connectivity index (χ2v) is 11.5. The SMILES string of the molecule is C[C@@]1(Cc2ccc(C#N)cc2)C(=O)N(c2cc(Cl)cc(Cl)c2)c2ncc(S(=O)(=O)N3CCOCC3)n21. The van der Waals surface area contributed by atoms with E-state index in [2.05, 4.69) is 11.1 Å². The third-order valence-corrected chi connectivity index (χ3v) is 8.68. The molecule has 36 heavy (non-hydrogen) atoms. The summed E-state index contributed by atoms with van der Waals surface area (Å²) in [5.41, 5.74) is 0.271. The van der Waals surface area contributed by atoms with E-state index < -0.39 is 15.6 Å². The van der Waals surface area contributed by atoms with Crippen molar-refractivity contribution in [2.24, 2.45) is 0 Å². The summed E-state index contributed by atoms with van der Waals surface area (Å²) >= 11 is 12.4. The van der Waals surface area contributed by atoms with E-state index in [0.717, 1.165) is 5.56 Å². The number of nitrogens with zero attached hydrogens (tertiary/aromatic N) is 5. The highest BCUT2D eigenvalue weighted by molar-refractivity contribution is 7.89. The quantitative estimate of drug-likeness (QED) is 0.483. The van der Waals surface area contributed by atoms with Crippen LogP contribution in [-0.4, -0.2) is 54.5 Å². The Morgan fingerprint density at radius 3 is 2.36 bits per heavy atom. The van der Waals surface area contributed by atoms with Crippen LogP contribution in [0.1, 0.15) is 18.1 Å². The van der Waals surface area contributed by atoms with Crippen molar-refractivity contribution in [3.63, 3.8) is 0 Å². The van der Waals surface area contributed by atoms with Crippen molar-refractivity contribution in [2.75, 3.05) is 31.2 Å². The van der Waals surface area contributed by atoms with Gasteiger partial charge in [0.1, 0.15) is 5.54 Å². The van der Waals surface area contributed by atoms with Gasteiger partial charge in [0.05, 0.1) is 36.7 Å². The summed E-state index contributed by atoms with van der Waals surface area (Å²) in [6.45, 7) is 2.67. The van der Waals surface area contributed by atoms with Gasteiger partial charge in [-0.3, -0.25) is 9.36 Å². The fraction of sp³-hybridized carbons (Fsp3) is 0.292. The molecule has 0 N–H and O–H groups in total. The number of carbonyl (C=O) groups is 1. The van der Waals surface area contributed by atoms with Gasteiger partial charge in [0.15, 0.2) is 5.03 Å². The first-order chi connectivity index (χ1) is 17.1. The predicted octanol–water partition coefficient (Wildman–Crippen LogP) is 3.72. The lowest BCUT2D eigenvalue weighted by Crippen LogP contribution is -2.45. The third-order valence-electron chi connectivity index (χ3n) is 6.38. The number of anilines is 2. The minimum Gasteiger partial charge on any atom is -0.379 e. The number of hydrogen-bond acceptors (Lipinski definition) is 6. The summed E-state index contributed by atoms with van der Waals surface area (Å²) in [5, 5.41) is 9.70. The fourth-order valence-corrected chi connectivity index (χ4v) is 6.74. The van der Waals surface area contributed by atoms with Crippen LogP contribution in [0.2, 0.25) is 10.0 Å². The molecule has 1 amide bonds. The number of fused-ring (bicyclic) bond motifs is 1. The predicted molar refractivity (Wildman–Crippen MR) is 134 cm³/mol. The lowest BCUT2D eigenvalue weighted by molar-refractivity contribution is -0.124. The van der Waals surface area contributed by atoms with Crippen LogP contribution in [-0.2, 0) is 31.5 Å². The van der Waals surface area contributed by atoms with Crippen molar-refractivity contribution in [3.05, 3.63) is 69.8 Å².